The largest absolute Gasteiger partial charge is 0.302 e. The maximum absolute atomic E-state index is 11.1. The van der Waals surface area contributed by atoms with Crippen LogP contribution < -0.4 is 4.72 Å². The topological polar surface area (TPSA) is 63.2 Å². The lowest BCUT2D eigenvalue weighted by atomic mass is 10.3. The van der Waals surface area contributed by atoms with Gasteiger partial charge in [0, 0.05) is 0 Å². The first-order valence-electron chi connectivity index (χ1n) is 3.24. The fourth-order valence-electron chi connectivity index (χ4n) is 0.360. The molecule has 0 radical (unpaired) electrons. The molecule has 0 rings (SSSR count). The summed E-state index contributed by atoms with van der Waals surface area (Å²) in [5.74, 6) is 0. The number of rotatable bonds is 3. The predicted octanol–water partition coefficient (Wildman–Crippen LogP) is -0.0968. The molecule has 0 unspecified atom stereocenters. The summed E-state index contributed by atoms with van der Waals surface area (Å²) in [6.45, 7) is 4.56. The molecule has 0 aromatic rings. The van der Waals surface area contributed by atoms with E-state index in [9.17, 15) is 13.2 Å². The SMILES string of the molecule is CC(C)(C)S(=O)(=O)NCC=O. The molecule has 0 aliphatic rings. The molecule has 4 nitrogen and oxygen atoms in total. The van der Waals surface area contributed by atoms with Crippen molar-refractivity contribution in [3.8, 4) is 0 Å². The zero-order valence-electron chi connectivity index (χ0n) is 6.92. The first-order chi connectivity index (χ1) is 4.81. The van der Waals surface area contributed by atoms with Gasteiger partial charge in [-0.25, -0.2) is 13.1 Å². The molecule has 0 aliphatic carbocycles. The molecule has 0 atom stereocenters. The molecule has 11 heavy (non-hydrogen) atoms. The molecule has 0 aliphatic heterocycles. The van der Waals surface area contributed by atoms with Crippen LogP contribution >= 0.6 is 0 Å². The molecule has 0 amide bonds. The van der Waals surface area contributed by atoms with Crippen LogP contribution in [-0.4, -0.2) is 26.0 Å². The van der Waals surface area contributed by atoms with Gasteiger partial charge in [-0.2, -0.15) is 0 Å². The lowest BCUT2D eigenvalue weighted by Gasteiger charge is -2.18. The van der Waals surface area contributed by atoms with Crippen LogP contribution in [-0.2, 0) is 14.8 Å². The molecule has 66 valence electrons. The molecule has 0 aromatic carbocycles. The summed E-state index contributed by atoms with van der Waals surface area (Å²) in [5, 5.41) is 0. The normalized spacial score (nSPS) is 13.0. The zero-order valence-corrected chi connectivity index (χ0v) is 7.73. The van der Waals surface area contributed by atoms with E-state index in [-0.39, 0.29) is 6.54 Å². The Bertz CT molecular complexity index is 225. The minimum absolute atomic E-state index is 0.153. The number of sulfonamides is 1. The van der Waals surface area contributed by atoms with Crippen LogP contribution in [0.4, 0.5) is 0 Å². The van der Waals surface area contributed by atoms with E-state index in [0.717, 1.165) is 0 Å². The van der Waals surface area contributed by atoms with E-state index in [2.05, 4.69) is 4.72 Å². The first-order valence-corrected chi connectivity index (χ1v) is 4.72. The van der Waals surface area contributed by atoms with E-state index in [1.54, 1.807) is 20.8 Å². The zero-order chi connectivity index (χ0) is 9.12. The highest BCUT2D eigenvalue weighted by Gasteiger charge is 2.27. The summed E-state index contributed by atoms with van der Waals surface area (Å²) in [6.07, 6.45) is 0.517. The van der Waals surface area contributed by atoms with Crippen LogP contribution in [0, 0.1) is 0 Å². The summed E-state index contributed by atoms with van der Waals surface area (Å²) in [7, 11) is -3.34. The average molecular weight is 179 g/mol. The van der Waals surface area contributed by atoms with Crippen LogP contribution in [0.5, 0.6) is 0 Å². The van der Waals surface area contributed by atoms with Crippen LogP contribution in [0.1, 0.15) is 20.8 Å². The molecule has 1 N–H and O–H groups in total. The molecule has 0 spiro atoms. The highest BCUT2D eigenvalue weighted by molar-refractivity contribution is 7.90. The third-order valence-electron chi connectivity index (χ3n) is 1.16. The van der Waals surface area contributed by atoms with Gasteiger partial charge in [0.05, 0.1) is 11.3 Å². The van der Waals surface area contributed by atoms with Gasteiger partial charge in [0.1, 0.15) is 6.29 Å². The standard InChI is InChI=1S/C6H13NO3S/c1-6(2,3)11(9,10)7-4-5-8/h5,7H,4H2,1-3H3. The number of carbonyl (C=O) groups is 1. The number of nitrogens with one attached hydrogen (secondary N) is 1. The quantitative estimate of drug-likeness (QED) is 0.615. The van der Waals surface area contributed by atoms with Crippen molar-refractivity contribution in [2.45, 2.75) is 25.5 Å². The minimum Gasteiger partial charge on any atom is -0.302 e. The van der Waals surface area contributed by atoms with Gasteiger partial charge in [0.15, 0.2) is 0 Å². The number of aldehydes is 1. The molecular weight excluding hydrogens is 166 g/mol. The van der Waals surface area contributed by atoms with Gasteiger partial charge in [-0.05, 0) is 20.8 Å². The molecule has 0 saturated carbocycles. The highest BCUT2D eigenvalue weighted by Crippen LogP contribution is 2.11. The van der Waals surface area contributed by atoms with Gasteiger partial charge in [0.25, 0.3) is 0 Å². The third kappa shape index (κ3) is 2.98. The first kappa shape index (κ1) is 10.6. The van der Waals surface area contributed by atoms with E-state index in [1.165, 1.54) is 0 Å². The summed E-state index contributed by atoms with van der Waals surface area (Å²) in [4.78, 5) is 9.85. The Morgan fingerprint density at radius 1 is 1.36 bits per heavy atom. The van der Waals surface area contributed by atoms with E-state index in [4.69, 9.17) is 0 Å². The molecular formula is C6H13NO3S. The summed E-state index contributed by atoms with van der Waals surface area (Å²) in [6, 6.07) is 0. The predicted molar refractivity (Wildman–Crippen MR) is 42.7 cm³/mol. The van der Waals surface area contributed by atoms with Crippen molar-refractivity contribution < 1.29 is 13.2 Å². The van der Waals surface area contributed by atoms with Gasteiger partial charge in [0.2, 0.25) is 10.0 Å². The fraction of sp³-hybridized carbons (Fsp3) is 0.833. The van der Waals surface area contributed by atoms with Crippen molar-refractivity contribution in [3.05, 3.63) is 0 Å². The number of carbonyl (C=O) groups excluding carboxylic acids is 1. The van der Waals surface area contributed by atoms with Gasteiger partial charge in [-0.15, -0.1) is 0 Å². The van der Waals surface area contributed by atoms with Gasteiger partial charge in [-0.1, -0.05) is 0 Å². The maximum atomic E-state index is 11.1. The van der Waals surface area contributed by atoms with E-state index >= 15 is 0 Å². The average Bonchev–Trinajstić information content (AvgIpc) is 1.81. The van der Waals surface area contributed by atoms with Gasteiger partial charge >= 0.3 is 0 Å². The minimum atomic E-state index is -3.34. The Balaban J connectivity index is 4.37. The smallest absolute Gasteiger partial charge is 0.216 e. The molecule has 0 heterocycles. The van der Waals surface area contributed by atoms with Crippen molar-refractivity contribution in [2.75, 3.05) is 6.54 Å². The maximum Gasteiger partial charge on any atom is 0.216 e. The van der Waals surface area contributed by atoms with Crippen LogP contribution in [0.25, 0.3) is 0 Å². The second-order valence-corrected chi connectivity index (χ2v) is 5.65. The van der Waals surface area contributed by atoms with E-state index in [0.29, 0.717) is 6.29 Å². The van der Waals surface area contributed by atoms with Crippen LogP contribution in [0.2, 0.25) is 0 Å². The van der Waals surface area contributed by atoms with Gasteiger partial charge < -0.3 is 4.79 Å². The molecule has 0 aromatic heterocycles. The van der Waals surface area contributed by atoms with E-state index < -0.39 is 14.8 Å². The van der Waals surface area contributed by atoms with Crippen LogP contribution in [0.3, 0.4) is 0 Å². The van der Waals surface area contributed by atoms with Crippen molar-refractivity contribution in [1.29, 1.82) is 0 Å². The lowest BCUT2D eigenvalue weighted by molar-refractivity contribution is -0.106. The molecule has 0 fully saturated rings. The summed E-state index contributed by atoms with van der Waals surface area (Å²) >= 11 is 0. The second-order valence-electron chi connectivity index (χ2n) is 3.13. The van der Waals surface area contributed by atoms with Crippen LogP contribution in [0.15, 0.2) is 0 Å². The molecule has 0 bridgehead atoms. The summed E-state index contributed by atoms with van der Waals surface area (Å²) in [5.41, 5.74) is 0. The monoisotopic (exact) mass is 179 g/mol. The third-order valence-corrected chi connectivity index (χ3v) is 3.32. The van der Waals surface area contributed by atoms with Crippen molar-refractivity contribution in [1.82, 2.24) is 4.72 Å². The Labute approximate surface area is 67.0 Å². The molecule has 0 saturated heterocycles. The van der Waals surface area contributed by atoms with Gasteiger partial charge in [-0.3, -0.25) is 0 Å². The van der Waals surface area contributed by atoms with Crippen molar-refractivity contribution in [2.24, 2.45) is 0 Å². The number of hydrogen-bond acceptors (Lipinski definition) is 3. The second kappa shape index (κ2) is 3.32. The van der Waals surface area contributed by atoms with Crippen molar-refractivity contribution >= 4 is 16.3 Å². The Kier molecular flexibility index (Phi) is 3.19. The highest BCUT2D eigenvalue weighted by atomic mass is 32.2. The fourth-order valence-corrected chi connectivity index (χ4v) is 1.08. The van der Waals surface area contributed by atoms with Crippen molar-refractivity contribution in [3.63, 3.8) is 0 Å². The molecule has 5 heteroatoms. The Morgan fingerprint density at radius 3 is 2.09 bits per heavy atom. The number of hydrogen-bond donors (Lipinski definition) is 1. The summed E-state index contributed by atoms with van der Waals surface area (Å²) < 4.78 is 23.6. The Hall–Kier alpha value is -0.420. The Morgan fingerprint density at radius 2 is 1.82 bits per heavy atom. The lowest BCUT2D eigenvalue weighted by Crippen LogP contribution is -2.40. The van der Waals surface area contributed by atoms with E-state index in [1.807, 2.05) is 0 Å².